The SMILES string of the molecule is Cc1nc(-c2ccc(NC(=O)CCn3cnc4sc(C)c(C)c4c3=O)cc2)oc1C. The van der Waals surface area contributed by atoms with Crippen LogP contribution in [0.1, 0.15) is 28.3 Å². The van der Waals surface area contributed by atoms with E-state index < -0.39 is 0 Å². The van der Waals surface area contributed by atoms with Crippen molar-refractivity contribution >= 4 is 33.1 Å². The van der Waals surface area contributed by atoms with Gasteiger partial charge in [0.15, 0.2) is 0 Å². The highest BCUT2D eigenvalue weighted by molar-refractivity contribution is 7.18. The number of amides is 1. The lowest BCUT2D eigenvalue weighted by atomic mass is 10.2. The number of thiophene rings is 1. The zero-order valence-electron chi connectivity index (χ0n) is 17.3. The third-order valence-electron chi connectivity index (χ3n) is 5.18. The lowest BCUT2D eigenvalue weighted by molar-refractivity contribution is -0.116. The zero-order valence-corrected chi connectivity index (χ0v) is 18.1. The van der Waals surface area contributed by atoms with E-state index in [1.807, 2.05) is 39.8 Å². The molecule has 3 heterocycles. The summed E-state index contributed by atoms with van der Waals surface area (Å²) >= 11 is 1.51. The molecule has 0 saturated carbocycles. The number of nitrogens with zero attached hydrogens (tertiary/aromatic N) is 3. The molecule has 0 spiro atoms. The van der Waals surface area contributed by atoms with E-state index in [9.17, 15) is 9.59 Å². The molecule has 3 aromatic heterocycles. The fourth-order valence-electron chi connectivity index (χ4n) is 3.17. The van der Waals surface area contributed by atoms with Crippen LogP contribution in [0.2, 0.25) is 0 Å². The van der Waals surface area contributed by atoms with Crippen LogP contribution in [0.3, 0.4) is 0 Å². The summed E-state index contributed by atoms with van der Waals surface area (Å²) in [5, 5.41) is 3.50. The van der Waals surface area contributed by atoms with Crippen LogP contribution in [0.4, 0.5) is 5.69 Å². The zero-order chi connectivity index (χ0) is 21.4. The Labute approximate surface area is 177 Å². The number of hydrogen-bond acceptors (Lipinski definition) is 6. The van der Waals surface area contributed by atoms with Crippen LogP contribution in [-0.2, 0) is 11.3 Å². The van der Waals surface area contributed by atoms with E-state index in [0.717, 1.165) is 32.3 Å². The molecule has 1 amide bonds. The Morgan fingerprint density at radius 3 is 2.57 bits per heavy atom. The predicted molar refractivity (Wildman–Crippen MR) is 118 cm³/mol. The molecule has 0 aliphatic rings. The molecule has 4 rings (SSSR count). The van der Waals surface area contributed by atoms with Gasteiger partial charge in [-0.05, 0) is 57.5 Å². The van der Waals surface area contributed by atoms with Gasteiger partial charge in [-0.1, -0.05) is 0 Å². The second kappa shape index (κ2) is 7.87. The molecule has 0 fully saturated rings. The molecule has 0 unspecified atom stereocenters. The smallest absolute Gasteiger partial charge is 0.262 e. The van der Waals surface area contributed by atoms with Crippen molar-refractivity contribution < 1.29 is 9.21 Å². The normalized spacial score (nSPS) is 11.2. The summed E-state index contributed by atoms with van der Waals surface area (Å²) in [5.41, 5.74) is 3.24. The number of rotatable bonds is 5. The van der Waals surface area contributed by atoms with Gasteiger partial charge in [0.25, 0.3) is 5.56 Å². The third-order valence-corrected chi connectivity index (χ3v) is 6.29. The Balaban J connectivity index is 1.41. The van der Waals surface area contributed by atoms with Gasteiger partial charge >= 0.3 is 0 Å². The molecule has 8 heteroatoms. The first-order valence-electron chi connectivity index (χ1n) is 9.63. The summed E-state index contributed by atoms with van der Waals surface area (Å²) in [6.07, 6.45) is 1.69. The van der Waals surface area contributed by atoms with E-state index in [1.54, 1.807) is 12.1 Å². The van der Waals surface area contributed by atoms with E-state index in [4.69, 9.17) is 4.42 Å². The fraction of sp³-hybridized carbons (Fsp3) is 0.273. The molecule has 0 atom stereocenters. The average molecular weight is 423 g/mol. The number of aryl methyl sites for hydroxylation is 5. The monoisotopic (exact) mass is 422 g/mol. The molecular weight excluding hydrogens is 400 g/mol. The first-order valence-corrected chi connectivity index (χ1v) is 10.4. The number of benzene rings is 1. The van der Waals surface area contributed by atoms with Crippen molar-refractivity contribution in [1.29, 1.82) is 0 Å². The van der Waals surface area contributed by atoms with Gasteiger partial charge in [0.2, 0.25) is 11.8 Å². The van der Waals surface area contributed by atoms with E-state index in [0.29, 0.717) is 17.0 Å². The molecule has 30 heavy (non-hydrogen) atoms. The van der Waals surface area contributed by atoms with Gasteiger partial charge in [-0.15, -0.1) is 11.3 Å². The minimum absolute atomic E-state index is 0.101. The van der Waals surface area contributed by atoms with E-state index in [-0.39, 0.29) is 24.4 Å². The van der Waals surface area contributed by atoms with Gasteiger partial charge in [-0.25, -0.2) is 9.97 Å². The molecule has 7 nitrogen and oxygen atoms in total. The van der Waals surface area contributed by atoms with Gasteiger partial charge in [-0.2, -0.15) is 0 Å². The second-order valence-corrected chi connectivity index (χ2v) is 8.45. The van der Waals surface area contributed by atoms with Crippen molar-refractivity contribution in [3.8, 4) is 11.5 Å². The first-order chi connectivity index (χ1) is 14.3. The Kier molecular flexibility index (Phi) is 5.26. The van der Waals surface area contributed by atoms with Crippen LogP contribution in [0.5, 0.6) is 0 Å². The average Bonchev–Trinajstić information content (AvgIpc) is 3.20. The van der Waals surface area contributed by atoms with E-state index in [2.05, 4.69) is 15.3 Å². The lowest BCUT2D eigenvalue weighted by Crippen LogP contribution is -2.23. The standard InChI is InChI=1S/C22H22N4O3S/c1-12-15(4)30-21-19(12)22(28)26(11-23-21)10-9-18(27)25-17-7-5-16(6-8-17)20-24-13(2)14(3)29-20/h5-8,11H,9-10H2,1-4H3,(H,25,27). The van der Waals surface area contributed by atoms with Crippen molar-refractivity contribution in [3.05, 3.63) is 62.8 Å². The summed E-state index contributed by atoms with van der Waals surface area (Å²) in [6, 6.07) is 7.31. The Hall–Kier alpha value is -3.26. The van der Waals surface area contributed by atoms with Crippen LogP contribution in [0.15, 0.2) is 39.8 Å². The van der Waals surface area contributed by atoms with Crippen molar-refractivity contribution in [3.63, 3.8) is 0 Å². The van der Waals surface area contributed by atoms with Crippen molar-refractivity contribution in [2.24, 2.45) is 0 Å². The topological polar surface area (TPSA) is 90.0 Å². The van der Waals surface area contributed by atoms with Gasteiger partial charge < -0.3 is 9.73 Å². The number of oxazole rings is 1. The summed E-state index contributed by atoms with van der Waals surface area (Å²) in [4.78, 5) is 35.6. The predicted octanol–water partition coefficient (Wildman–Crippen LogP) is 4.38. The van der Waals surface area contributed by atoms with Crippen LogP contribution in [0.25, 0.3) is 21.7 Å². The van der Waals surface area contributed by atoms with E-state index >= 15 is 0 Å². The molecular formula is C22H22N4O3S. The molecule has 0 radical (unpaired) electrons. The first kappa shape index (κ1) is 20.0. The van der Waals surface area contributed by atoms with Crippen LogP contribution in [-0.4, -0.2) is 20.4 Å². The van der Waals surface area contributed by atoms with Crippen LogP contribution >= 0.6 is 11.3 Å². The maximum Gasteiger partial charge on any atom is 0.262 e. The van der Waals surface area contributed by atoms with E-state index in [1.165, 1.54) is 22.2 Å². The molecule has 1 aromatic carbocycles. The minimum atomic E-state index is -0.171. The molecule has 154 valence electrons. The lowest BCUT2D eigenvalue weighted by Gasteiger charge is -2.07. The highest BCUT2D eigenvalue weighted by atomic mass is 32.1. The quantitative estimate of drug-likeness (QED) is 0.516. The molecule has 0 aliphatic heterocycles. The fourth-order valence-corrected chi connectivity index (χ4v) is 4.15. The van der Waals surface area contributed by atoms with Gasteiger partial charge in [0.05, 0.1) is 17.4 Å². The van der Waals surface area contributed by atoms with Crippen LogP contribution < -0.4 is 10.9 Å². The summed E-state index contributed by atoms with van der Waals surface area (Å²) in [6.45, 7) is 7.96. The number of anilines is 1. The molecule has 0 aliphatic carbocycles. The number of fused-ring (bicyclic) bond motifs is 1. The molecule has 0 saturated heterocycles. The molecule has 4 aromatic rings. The maximum absolute atomic E-state index is 12.7. The second-order valence-electron chi connectivity index (χ2n) is 7.24. The highest BCUT2D eigenvalue weighted by Crippen LogP contribution is 2.25. The Morgan fingerprint density at radius 2 is 1.90 bits per heavy atom. The Morgan fingerprint density at radius 1 is 1.17 bits per heavy atom. The molecule has 1 N–H and O–H groups in total. The number of aromatic nitrogens is 3. The number of nitrogens with one attached hydrogen (secondary N) is 1. The van der Waals surface area contributed by atoms with Crippen LogP contribution in [0, 0.1) is 27.7 Å². The number of carbonyl (C=O) groups is 1. The van der Waals surface area contributed by atoms with Gasteiger partial charge in [-0.3, -0.25) is 14.2 Å². The number of carbonyl (C=O) groups excluding carboxylic acids is 1. The number of hydrogen-bond donors (Lipinski definition) is 1. The maximum atomic E-state index is 12.7. The molecule has 0 bridgehead atoms. The van der Waals surface area contributed by atoms with Crippen molar-refractivity contribution in [2.75, 3.05) is 5.32 Å². The van der Waals surface area contributed by atoms with Crippen molar-refractivity contribution in [2.45, 2.75) is 40.7 Å². The van der Waals surface area contributed by atoms with Crippen molar-refractivity contribution in [1.82, 2.24) is 14.5 Å². The largest absolute Gasteiger partial charge is 0.441 e. The Bertz CT molecular complexity index is 1280. The van der Waals surface area contributed by atoms with Gasteiger partial charge in [0, 0.05) is 29.1 Å². The summed E-state index contributed by atoms with van der Waals surface area (Å²) < 4.78 is 7.12. The van der Waals surface area contributed by atoms with Gasteiger partial charge in [0.1, 0.15) is 10.6 Å². The minimum Gasteiger partial charge on any atom is -0.441 e. The summed E-state index contributed by atoms with van der Waals surface area (Å²) in [5.74, 6) is 1.18. The summed E-state index contributed by atoms with van der Waals surface area (Å²) in [7, 11) is 0. The third kappa shape index (κ3) is 3.78. The highest BCUT2D eigenvalue weighted by Gasteiger charge is 2.13.